The van der Waals surface area contributed by atoms with Crippen molar-refractivity contribution in [3.8, 4) is 11.3 Å². The van der Waals surface area contributed by atoms with E-state index in [1.807, 2.05) is 0 Å². The summed E-state index contributed by atoms with van der Waals surface area (Å²) in [5.41, 5.74) is 2.03. The number of nitrogens with zero attached hydrogens (tertiary/aromatic N) is 4. The molecule has 1 N–H and O–H groups in total. The number of aromatic carboxylic acids is 1. The van der Waals surface area contributed by atoms with Gasteiger partial charge in [0.05, 0.1) is 23.0 Å². The first kappa shape index (κ1) is 19.4. The van der Waals surface area contributed by atoms with Crippen molar-refractivity contribution in [2.45, 2.75) is 25.8 Å². The summed E-state index contributed by atoms with van der Waals surface area (Å²) in [5, 5.41) is 9.20. The van der Waals surface area contributed by atoms with Crippen molar-refractivity contribution in [2.75, 3.05) is 20.6 Å². The van der Waals surface area contributed by atoms with E-state index in [1.165, 1.54) is 28.8 Å². The summed E-state index contributed by atoms with van der Waals surface area (Å²) in [6.07, 6.45) is 1.43. The standard InChI is InChI=1S/C18H22N4O4S/c1-12-19-15(13-6-4-7-14(10-13)18(23)24)11-16(20-12)17-8-5-9-22(17)27(25,26)21(2)3/h4,6-7,10-11,17H,5,8-9H2,1-3H3,(H,23,24)/t17-/m1/s1. The highest BCUT2D eigenvalue weighted by Gasteiger charge is 2.37. The van der Waals surface area contributed by atoms with E-state index in [1.54, 1.807) is 31.2 Å². The number of carbonyl (C=O) groups is 1. The lowest BCUT2D eigenvalue weighted by atomic mass is 10.0. The molecule has 0 saturated carbocycles. The third kappa shape index (κ3) is 3.85. The summed E-state index contributed by atoms with van der Waals surface area (Å²) in [6.45, 7) is 2.19. The molecule has 0 bridgehead atoms. The summed E-state index contributed by atoms with van der Waals surface area (Å²) in [6, 6.07) is 7.90. The maximum Gasteiger partial charge on any atom is 0.335 e. The molecule has 1 fully saturated rings. The Labute approximate surface area is 158 Å². The quantitative estimate of drug-likeness (QED) is 0.838. The molecule has 0 radical (unpaired) electrons. The molecule has 27 heavy (non-hydrogen) atoms. The van der Waals surface area contributed by atoms with Crippen LogP contribution in [-0.4, -0.2) is 58.7 Å². The smallest absolute Gasteiger partial charge is 0.335 e. The van der Waals surface area contributed by atoms with E-state index < -0.39 is 16.2 Å². The fraction of sp³-hybridized carbons (Fsp3) is 0.389. The first-order valence-electron chi connectivity index (χ1n) is 8.59. The van der Waals surface area contributed by atoms with Crippen LogP contribution >= 0.6 is 0 Å². The molecule has 1 aliphatic rings. The van der Waals surface area contributed by atoms with Crippen molar-refractivity contribution in [3.63, 3.8) is 0 Å². The lowest BCUT2D eigenvalue weighted by molar-refractivity contribution is 0.0697. The van der Waals surface area contributed by atoms with Crippen LogP contribution < -0.4 is 0 Å². The normalized spacial score (nSPS) is 18.1. The van der Waals surface area contributed by atoms with Crippen LogP contribution in [-0.2, 0) is 10.2 Å². The second-order valence-corrected chi connectivity index (χ2v) is 8.77. The van der Waals surface area contributed by atoms with Crippen molar-refractivity contribution in [1.82, 2.24) is 18.6 Å². The summed E-state index contributed by atoms with van der Waals surface area (Å²) in [4.78, 5) is 20.1. The van der Waals surface area contributed by atoms with Gasteiger partial charge >= 0.3 is 5.97 Å². The zero-order valence-corrected chi connectivity index (χ0v) is 16.3. The van der Waals surface area contributed by atoms with Gasteiger partial charge in [-0.3, -0.25) is 0 Å². The van der Waals surface area contributed by atoms with Crippen LogP contribution in [0.4, 0.5) is 0 Å². The van der Waals surface area contributed by atoms with Crippen LogP contribution in [0, 0.1) is 6.92 Å². The van der Waals surface area contributed by atoms with Gasteiger partial charge in [-0.1, -0.05) is 12.1 Å². The van der Waals surface area contributed by atoms with E-state index in [0.717, 1.165) is 6.42 Å². The molecule has 144 valence electrons. The second kappa shape index (κ2) is 7.34. The largest absolute Gasteiger partial charge is 0.478 e. The van der Waals surface area contributed by atoms with E-state index in [4.69, 9.17) is 0 Å². The molecule has 9 heteroatoms. The summed E-state index contributed by atoms with van der Waals surface area (Å²) < 4.78 is 27.9. The van der Waals surface area contributed by atoms with E-state index in [2.05, 4.69) is 9.97 Å². The molecule has 3 rings (SSSR count). The van der Waals surface area contributed by atoms with Gasteiger partial charge < -0.3 is 5.11 Å². The van der Waals surface area contributed by atoms with Gasteiger partial charge in [-0.2, -0.15) is 17.0 Å². The molecule has 0 aliphatic carbocycles. The average Bonchev–Trinajstić information content (AvgIpc) is 3.11. The minimum Gasteiger partial charge on any atom is -0.478 e. The third-order valence-corrected chi connectivity index (χ3v) is 6.52. The molecule has 1 atom stereocenters. The predicted octanol–water partition coefficient (Wildman–Crippen LogP) is 2.09. The molecule has 0 spiro atoms. The van der Waals surface area contributed by atoms with Gasteiger partial charge in [0.25, 0.3) is 10.2 Å². The predicted molar refractivity (Wildman–Crippen MR) is 100 cm³/mol. The van der Waals surface area contributed by atoms with Gasteiger partial charge in [-0.25, -0.2) is 14.8 Å². The van der Waals surface area contributed by atoms with Crippen LogP contribution in [0.3, 0.4) is 0 Å². The molecular formula is C18H22N4O4S. The first-order chi connectivity index (χ1) is 12.7. The number of aromatic nitrogens is 2. The maximum atomic E-state index is 12.6. The van der Waals surface area contributed by atoms with E-state index in [9.17, 15) is 18.3 Å². The Hall–Kier alpha value is -2.36. The number of hydrogen-bond donors (Lipinski definition) is 1. The number of hydrogen-bond acceptors (Lipinski definition) is 5. The second-order valence-electron chi connectivity index (χ2n) is 6.67. The van der Waals surface area contributed by atoms with Crippen LogP contribution in [0.2, 0.25) is 0 Å². The lowest BCUT2D eigenvalue weighted by Crippen LogP contribution is -2.39. The number of benzene rings is 1. The molecule has 1 saturated heterocycles. The molecule has 1 aliphatic heterocycles. The monoisotopic (exact) mass is 390 g/mol. The fourth-order valence-electron chi connectivity index (χ4n) is 3.24. The van der Waals surface area contributed by atoms with Crippen molar-refractivity contribution in [2.24, 2.45) is 0 Å². The van der Waals surface area contributed by atoms with Crippen LogP contribution in [0.25, 0.3) is 11.3 Å². The van der Waals surface area contributed by atoms with Crippen molar-refractivity contribution >= 4 is 16.2 Å². The van der Waals surface area contributed by atoms with E-state index in [-0.39, 0.29) is 11.6 Å². The van der Waals surface area contributed by atoms with Gasteiger partial charge in [0.2, 0.25) is 0 Å². The Bertz CT molecular complexity index is 975. The van der Waals surface area contributed by atoms with E-state index >= 15 is 0 Å². The van der Waals surface area contributed by atoms with Gasteiger partial charge in [-0.15, -0.1) is 0 Å². The third-order valence-electron chi connectivity index (χ3n) is 4.57. The average molecular weight is 390 g/mol. The van der Waals surface area contributed by atoms with Gasteiger partial charge in [0, 0.05) is 26.2 Å². The Morgan fingerprint density at radius 3 is 2.67 bits per heavy atom. The molecule has 1 aromatic heterocycles. The van der Waals surface area contributed by atoms with Crippen LogP contribution in [0.15, 0.2) is 30.3 Å². The Morgan fingerprint density at radius 2 is 2.00 bits per heavy atom. The minimum absolute atomic E-state index is 0.169. The molecule has 2 heterocycles. The van der Waals surface area contributed by atoms with E-state index in [0.29, 0.717) is 35.7 Å². The van der Waals surface area contributed by atoms with Crippen LogP contribution in [0.1, 0.15) is 40.8 Å². The van der Waals surface area contributed by atoms with Gasteiger partial charge in [-0.05, 0) is 38.0 Å². The fourth-order valence-corrected chi connectivity index (χ4v) is 4.56. The molecular weight excluding hydrogens is 368 g/mol. The number of aryl methyl sites for hydroxylation is 1. The summed E-state index contributed by atoms with van der Waals surface area (Å²) in [5.74, 6) is -0.501. The lowest BCUT2D eigenvalue weighted by Gasteiger charge is -2.26. The van der Waals surface area contributed by atoms with Crippen molar-refractivity contribution in [3.05, 3.63) is 47.4 Å². The molecule has 2 aromatic rings. The maximum absolute atomic E-state index is 12.6. The summed E-state index contributed by atoms with van der Waals surface area (Å²) >= 11 is 0. The molecule has 0 amide bonds. The zero-order valence-electron chi connectivity index (χ0n) is 15.5. The highest BCUT2D eigenvalue weighted by atomic mass is 32.2. The van der Waals surface area contributed by atoms with Gasteiger partial charge in [0.1, 0.15) is 5.82 Å². The Kier molecular flexibility index (Phi) is 5.27. The van der Waals surface area contributed by atoms with Crippen molar-refractivity contribution in [1.29, 1.82) is 0 Å². The Balaban J connectivity index is 2.03. The molecule has 0 unspecified atom stereocenters. The highest BCUT2D eigenvalue weighted by Crippen LogP contribution is 2.35. The number of rotatable bonds is 5. The van der Waals surface area contributed by atoms with Crippen molar-refractivity contribution < 1.29 is 18.3 Å². The molecule has 1 aromatic carbocycles. The number of carboxylic acids is 1. The molecule has 8 nitrogen and oxygen atoms in total. The van der Waals surface area contributed by atoms with Crippen LogP contribution in [0.5, 0.6) is 0 Å². The SMILES string of the molecule is Cc1nc(-c2cccc(C(=O)O)c2)cc([C@H]2CCCN2S(=O)(=O)N(C)C)n1. The highest BCUT2D eigenvalue weighted by molar-refractivity contribution is 7.86. The first-order valence-corrected chi connectivity index (χ1v) is 9.98. The van der Waals surface area contributed by atoms with Gasteiger partial charge in [0.15, 0.2) is 0 Å². The number of carboxylic acid groups (broad SMARTS) is 1. The topological polar surface area (TPSA) is 104 Å². The zero-order chi connectivity index (χ0) is 19.8. The Morgan fingerprint density at radius 1 is 1.26 bits per heavy atom. The minimum atomic E-state index is -3.55. The summed E-state index contributed by atoms with van der Waals surface area (Å²) in [7, 11) is -0.528.